The van der Waals surface area contributed by atoms with E-state index in [2.05, 4.69) is 24.1 Å². The van der Waals surface area contributed by atoms with Crippen LogP contribution in [0.4, 0.5) is 4.79 Å². The first-order valence-electron chi connectivity index (χ1n) is 10.4. The lowest BCUT2D eigenvalue weighted by atomic mass is 10.1. The van der Waals surface area contributed by atoms with E-state index >= 15 is 0 Å². The smallest absolute Gasteiger partial charge is 0.317 e. The Morgan fingerprint density at radius 1 is 1.06 bits per heavy atom. The molecular weight excluding hydrogens is 396 g/mol. The number of hydroxylamine groups is 1. The number of carbonyl (C=O) groups excluding carboxylic acids is 2. The summed E-state index contributed by atoms with van der Waals surface area (Å²) in [4.78, 5) is 28.4. The Hall–Kier alpha value is -3.10. The normalized spacial score (nSPS) is 19.0. The van der Waals surface area contributed by atoms with E-state index in [0.29, 0.717) is 25.2 Å². The first-order valence-corrected chi connectivity index (χ1v) is 10.4. The van der Waals surface area contributed by atoms with Crippen LogP contribution in [0.2, 0.25) is 0 Å². The standard InChI is InChI=1S/C23H30N4O4/c1-16-13-26(23(29)24-12-19-5-4-6-21(11-19)31-3)14-17(2)27(16)15-18-7-9-20(10-8-18)22(28)25-30/h4-11,16-17,30H,12-15H2,1-3H3,(H,24,29)(H,25,28)/t16-,17+. The van der Waals surface area contributed by atoms with E-state index in [-0.39, 0.29) is 18.1 Å². The Bertz CT molecular complexity index is 891. The maximum atomic E-state index is 12.7. The van der Waals surface area contributed by atoms with Gasteiger partial charge in [-0.05, 0) is 49.2 Å². The molecule has 3 N–H and O–H groups in total. The summed E-state index contributed by atoms with van der Waals surface area (Å²) in [5.41, 5.74) is 4.11. The van der Waals surface area contributed by atoms with Gasteiger partial charge in [0.25, 0.3) is 5.91 Å². The summed E-state index contributed by atoms with van der Waals surface area (Å²) in [6.07, 6.45) is 0. The van der Waals surface area contributed by atoms with Crippen molar-refractivity contribution in [2.75, 3.05) is 20.2 Å². The van der Waals surface area contributed by atoms with Crippen molar-refractivity contribution in [1.82, 2.24) is 20.6 Å². The Morgan fingerprint density at radius 3 is 2.35 bits per heavy atom. The highest BCUT2D eigenvalue weighted by Gasteiger charge is 2.31. The van der Waals surface area contributed by atoms with Crippen LogP contribution in [0.5, 0.6) is 5.75 Å². The number of nitrogens with zero attached hydrogens (tertiary/aromatic N) is 2. The van der Waals surface area contributed by atoms with Crippen LogP contribution in [0.3, 0.4) is 0 Å². The predicted octanol–water partition coefficient (Wildman–Crippen LogP) is 2.62. The molecule has 8 nitrogen and oxygen atoms in total. The number of hydrogen-bond acceptors (Lipinski definition) is 5. The zero-order valence-corrected chi connectivity index (χ0v) is 18.2. The maximum Gasteiger partial charge on any atom is 0.317 e. The van der Waals surface area contributed by atoms with Gasteiger partial charge in [0, 0.05) is 43.8 Å². The Labute approximate surface area is 182 Å². The number of hydrogen-bond donors (Lipinski definition) is 3. The fourth-order valence-electron chi connectivity index (χ4n) is 3.94. The maximum absolute atomic E-state index is 12.7. The van der Waals surface area contributed by atoms with Crippen molar-refractivity contribution in [3.05, 3.63) is 65.2 Å². The predicted molar refractivity (Wildman–Crippen MR) is 117 cm³/mol. The Kier molecular flexibility index (Phi) is 7.49. The number of carbonyl (C=O) groups is 2. The third kappa shape index (κ3) is 5.74. The van der Waals surface area contributed by atoms with E-state index < -0.39 is 5.91 Å². The molecule has 0 aliphatic carbocycles. The van der Waals surface area contributed by atoms with E-state index in [9.17, 15) is 9.59 Å². The van der Waals surface area contributed by atoms with Crippen molar-refractivity contribution in [1.29, 1.82) is 0 Å². The van der Waals surface area contributed by atoms with Crippen LogP contribution < -0.4 is 15.5 Å². The van der Waals surface area contributed by atoms with E-state index in [0.717, 1.165) is 23.4 Å². The van der Waals surface area contributed by atoms with Crippen molar-refractivity contribution in [2.24, 2.45) is 0 Å². The van der Waals surface area contributed by atoms with Crippen molar-refractivity contribution in [3.63, 3.8) is 0 Å². The number of benzene rings is 2. The molecule has 0 bridgehead atoms. The van der Waals surface area contributed by atoms with Gasteiger partial charge in [0.05, 0.1) is 7.11 Å². The topological polar surface area (TPSA) is 94.1 Å². The first-order chi connectivity index (χ1) is 14.9. The Balaban J connectivity index is 1.55. The zero-order chi connectivity index (χ0) is 22.4. The minimum absolute atomic E-state index is 0.0689. The molecule has 1 fully saturated rings. The molecule has 0 aromatic heterocycles. The average Bonchev–Trinajstić information content (AvgIpc) is 2.79. The van der Waals surface area contributed by atoms with Crippen LogP contribution in [0, 0.1) is 0 Å². The molecule has 2 aromatic rings. The van der Waals surface area contributed by atoms with Gasteiger partial charge in [-0.1, -0.05) is 24.3 Å². The van der Waals surface area contributed by atoms with Crippen LogP contribution in [-0.4, -0.2) is 59.2 Å². The summed E-state index contributed by atoms with van der Waals surface area (Å²) in [6.45, 7) is 6.69. The third-order valence-corrected chi connectivity index (χ3v) is 5.65. The van der Waals surface area contributed by atoms with Crippen molar-refractivity contribution in [2.45, 2.75) is 39.0 Å². The molecule has 3 amide bonds. The lowest BCUT2D eigenvalue weighted by Crippen LogP contribution is -2.59. The molecule has 0 radical (unpaired) electrons. The second-order valence-corrected chi connectivity index (χ2v) is 7.92. The second kappa shape index (κ2) is 10.3. The monoisotopic (exact) mass is 426 g/mol. The van der Waals surface area contributed by atoms with Crippen LogP contribution in [0.25, 0.3) is 0 Å². The molecule has 1 saturated heterocycles. The van der Waals surface area contributed by atoms with E-state index in [1.807, 2.05) is 41.3 Å². The Morgan fingerprint density at radius 2 is 1.74 bits per heavy atom. The molecule has 0 unspecified atom stereocenters. The van der Waals surface area contributed by atoms with Gasteiger partial charge >= 0.3 is 6.03 Å². The average molecular weight is 427 g/mol. The molecule has 31 heavy (non-hydrogen) atoms. The summed E-state index contributed by atoms with van der Waals surface area (Å²) in [7, 11) is 1.63. The van der Waals surface area contributed by atoms with Gasteiger partial charge in [0.1, 0.15) is 5.75 Å². The van der Waals surface area contributed by atoms with Gasteiger partial charge in [0.15, 0.2) is 0 Å². The number of urea groups is 1. The van der Waals surface area contributed by atoms with Crippen LogP contribution in [0.15, 0.2) is 48.5 Å². The lowest BCUT2D eigenvalue weighted by molar-refractivity contribution is 0.0491. The van der Waals surface area contributed by atoms with Crippen molar-refractivity contribution in [3.8, 4) is 5.75 Å². The molecule has 8 heteroatoms. The molecule has 1 aliphatic heterocycles. The third-order valence-electron chi connectivity index (χ3n) is 5.65. The molecule has 1 aliphatic rings. The second-order valence-electron chi connectivity index (χ2n) is 7.92. The lowest BCUT2D eigenvalue weighted by Gasteiger charge is -2.44. The quantitative estimate of drug-likeness (QED) is 0.488. The molecule has 0 saturated carbocycles. The summed E-state index contributed by atoms with van der Waals surface area (Å²) in [5.74, 6) is 0.245. The van der Waals surface area contributed by atoms with Gasteiger partial charge in [-0.3, -0.25) is 14.9 Å². The molecule has 0 spiro atoms. The fourth-order valence-corrected chi connectivity index (χ4v) is 3.94. The van der Waals surface area contributed by atoms with E-state index in [1.165, 1.54) is 0 Å². The van der Waals surface area contributed by atoms with Gasteiger partial charge < -0.3 is 15.0 Å². The molecule has 1 heterocycles. The molecule has 2 atom stereocenters. The van der Waals surface area contributed by atoms with E-state index in [1.54, 1.807) is 24.7 Å². The van der Waals surface area contributed by atoms with Crippen LogP contribution >= 0.6 is 0 Å². The molecule has 2 aromatic carbocycles. The van der Waals surface area contributed by atoms with Crippen LogP contribution in [0.1, 0.15) is 35.3 Å². The SMILES string of the molecule is COc1cccc(CNC(=O)N2C[C@@H](C)N(Cc3ccc(C(=O)NO)cc3)[C@@H](C)C2)c1. The highest BCUT2D eigenvalue weighted by molar-refractivity contribution is 5.93. The number of piperazine rings is 1. The number of nitrogens with one attached hydrogen (secondary N) is 2. The molecule has 3 rings (SSSR count). The number of methoxy groups -OCH3 is 1. The number of ether oxygens (including phenoxy) is 1. The minimum atomic E-state index is -0.526. The highest BCUT2D eigenvalue weighted by Crippen LogP contribution is 2.20. The summed E-state index contributed by atoms with van der Waals surface area (Å²) in [5, 5.41) is 11.7. The van der Waals surface area contributed by atoms with Gasteiger partial charge in [0.2, 0.25) is 0 Å². The number of amides is 3. The molecular formula is C23H30N4O4. The van der Waals surface area contributed by atoms with Gasteiger partial charge in [-0.25, -0.2) is 10.3 Å². The van der Waals surface area contributed by atoms with E-state index in [4.69, 9.17) is 9.94 Å². The summed E-state index contributed by atoms with van der Waals surface area (Å²) in [6, 6.07) is 15.1. The van der Waals surface area contributed by atoms with Crippen LogP contribution in [-0.2, 0) is 13.1 Å². The van der Waals surface area contributed by atoms with Crippen molar-refractivity contribution >= 4 is 11.9 Å². The molecule has 166 valence electrons. The fraction of sp³-hybridized carbons (Fsp3) is 0.391. The summed E-state index contributed by atoms with van der Waals surface area (Å²) >= 11 is 0. The number of rotatable bonds is 6. The first kappa shape index (κ1) is 22.6. The van der Waals surface area contributed by atoms with Gasteiger partial charge in [-0.2, -0.15) is 0 Å². The van der Waals surface area contributed by atoms with Crippen molar-refractivity contribution < 1.29 is 19.5 Å². The summed E-state index contributed by atoms with van der Waals surface area (Å²) < 4.78 is 5.23. The largest absolute Gasteiger partial charge is 0.497 e. The van der Waals surface area contributed by atoms with Gasteiger partial charge in [-0.15, -0.1) is 0 Å². The highest BCUT2D eigenvalue weighted by atomic mass is 16.5. The minimum Gasteiger partial charge on any atom is -0.497 e. The zero-order valence-electron chi connectivity index (χ0n) is 18.2.